The first-order chi connectivity index (χ1) is 10.0. The van der Waals surface area contributed by atoms with Crippen LogP contribution in [0.3, 0.4) is 0 Å². The van der Waals surface area contributed by atoms with Crippen LogP contribution in [0.5, 0.6) is 0 Å². The highest BCUT2D eigenvalue weighted by Crippen LogP contribution is 2.18. The van der Waals surface area contributed by atoms with Crippen molar-refractivity contribution in [3.05, 3.63) is 41.5 Å². The molecule has 1 aliphatic rings. The van der Waals surface area contributed by atoms with Gasteiger partial charge in [-0.1, -0.05) is 24.3 Å². The molecule has 21 heavy (non-hydrogen) atoms. The summed E-state index contributed by atoms with van der Waals surface area (Å²) in [4.78, 5) is 24.0. The van der Waals surface area contributed by atoms with Gasteiger partial charge in [0.15, 0.2) is 0 Å². The summed E-state index contributed by atoms with van der Waals surface area (Å²) in [5, 5.41) is 11.6. The minimum absolute atomic E-state index is 0.0467. The normalized spacial score (nSPS) is 14.7. The van der Waals surface area contributed by atoms with Gasteiger partial charge in [0.1, 0.15) is 0 Å². The van der Waals surface area contributed by atoms with Gasteiger partial charge < -0.3 is 15.3 Å². The van der Waals surface area contributed by atoms with E-state index in [0.717, 1.165) is 30.0 Å². The number of nitrogens with one attached hydrogen (secondary N) is 1. The van der Waals surface area contributed by atoms with Gasteiger partial charge in [-0.2, -0.15) is 0 Å². The summed E-state index contributed by atoms with van der Waals surface area (Å²) in [5.41, 5.74) is 1.83. The minimum Gasteiger partial charge on any atom is -0.478 e. The maximum atomic E-state index is 11.9. The Morgan fingerprint density at radius 1 is 1.33 bits per heavy atom. The van der Waals surface area contributed by atoms with Gasteiger partial charge in [-0.3, -0.25) is 0 Å². The molecule has 0 bridgehead atoms. The Balaban J connectivity index is 1.86. The molecule has 5 nitrogen and oxygen atoms in total. The summed E-state index contributed by atoms with van der Waals surface area (Å²) in [7, 11) is 1.77. The van der Waals surface area contributed by atoms with Crippen LogP contribution in [0, 0.1) is 0 Å². The van der Waals surface area contributed by atoms with Crippen LogP contribution >= 0.6 is 0 Å². The number of nitrogens with zero attached hydrogens (tertiary/aromatic N) is 1. The molecule has 1 aromatic rings. The number of benzene rings is 1. The second-order valence-electron chi connectivity index (χ2n) is 5.35. The van der Waals surface area contributed by atoms with Crippen molar-refractivity contribution >= 4 is 18.1 Å². The van der Waals surface area contributed by atoms with Crippen LogP contribution in [0.4, 0.5) is 4.79 Å². The zero-order valence-corrected chi connectivity index (χ0v) is 12.1. The Morgan fingerprint density at radius 3 is 2.52 bits per heavy atom. The molecular formula is C16H20N2O3. The Morgan fingerprint density at radius 2 is 2.00 bits per heavy atom. The van der Waals surface area contributed by atoms with Gasteiger partial charge in [0.25, 0.3) is 0 Å². The first-order valence-corrected chi connectivity index (χ1v) is 7.06. The molecule has 2 amide bonds. The lowest BCUT2D eigenvalue weighted by molar-refractivity contribution is -0.131. The van der Waals surface area contributed by atoms with Gasteiger partial charge in [-0.15, -0.1) is 0 Å². The maximum Gasteiger partial charge on any atom is 0.328 e. The second kappa shape index (κ2) is 6.92. The molecule has 2 N–H and O–H groups in total. The monoisotopic (exact) mass is 288 g/mol. The summed E-state index contributed by atoms with van der Waals surface area (Å²) in [6.07, 6.45) is 5.99. The van der Waals surface area contributed by atoms with E-state index >= 15 is 0 Å². The zero-order valence-electron chi connectivity index (χ0n) is 12.1. The molecule has 2 rings (SSSR count). The first kappa shape index (κ1) is 15.1. The molecule has 0 radical (unpaired) electrons. The maximum absolute atomic E-state index is 11.9. The molecule has 0 atom stereocenters. The van der Waals surface area contributed by atoms with Crippen molar-refractivity contribution in [1.29, 1.82) is 0 Å². The molecule has 0 saturated heterocycles. The van der Waals surface area contributed by atoms with Crippen LogP contribution < -0.4 is 5.32 Å². The van der Waals surface area contributed by atoms with Gasteiger partial charge >= 0.3 is 12.0 Å². The number of rotatable bonds is 5. The third-order valence-corrected chi connectivity index (χ3v) is 3.60. The highest BCUT2D eigenvalue weighted by molar-refractivity contribution is 5.85. The van der Waals surface area contributed by atoms with E-state index in [1.807, 2.05) is 24.3 Å². The standard InChI is InChI=1S/C16H20N2O3/c1-18(16(21)17-14-3-2-4-14)11-13-7-5-12(6-8-13)9-10-15(19)20/h5-10,14H,2-4,11H2,1H3,(H,17,21)(H,19,20)/b10-9+. The quantitative estimate of drug-likeness (QED) is 0.818. The SMILES string of the molecule is CN(Cc1ccc(/C=C/C(=O)O)cc1)C(=O)NC1CCC1. The Hall–Kier alpha value is -2.30. The molecule has 1 aliphatic carbocycles. The summed E-state index contributed by atoms with van der Waals surface area (Å²) in [6.45, 7) is 0.529. The molecule has 1 aromatic carbocycles. The van der Waals surface area contributed by atoms with Gasteiger partial charge in [0.05, 0.1) is 0 Å². The van der Waals surface area contributed by atoms with Crippen LogP contribution in [-0.2, 0) is 11.3 Å². The van der Waals surface area contributed by atoms with E-state index < -0.39 is 5.97 Å². The molecule has 5 heteroatoms. The fraction of sp³-hybridized carbons (Fsp3) is 0.375. The molecule has 0 aromatic heterocycles. The summed E-state index contributed by atoms with van der Waals surface area (Å²) < 4.78 is 0. The molecule has 1 saturated carbocycles. The number of carbonyl (C=O) groups excluding carboxylic acids is 1. The summed E-state index contributed by atoms with van der Waals surface area (Å²) >= 11 is 0. The molecule has 1 fully saturated rings. The Bertz CT molecular complexity index is 533. The van der Waals surface area contributed by atoms with E-state index in [1.165, 1.54) is 6.42 Å². The summed E-state index contributed by atoms with van der Waals surface area (Å²) in [5.74, 6) is -0.966. The third kappa shape index (κ3) is 4.63. The number of carbonyl (C=O) groups is 2. The van der Waals surface area contributed by atoms with Gasteiger partial charge in [0, 0.05) is 25.7 Å². The zero-order chi connectivity index (χ0) is 15.2. The molecule has 0 aliphatic heterocycles. The summed E-state index contributed by atoms with van der Waals surface area (Å²) in [6, 6.07) is 7.76. The van der Waals surface area contributed by atoms with E-state index in [1.54, 1.807) is 18.0 Å². The van der Waals surface area contributed by atoms with Crippen molar-refractivity contribution in [2.45, 2.75) is 31.8 Å². The van der Waals surface area contributed by atoms with Crippen molar-refractivity contribution in [3.63, 3.8) is 0 Å². The fourth-order valence-corrected chi connectivity index (χ4v) is 2.08. The predicted molar refractivity (Wildman–Crippen MR) is 80.7 cm³/mol. The van der Waals surface area contributed by atoms with Gasteiger partial charge in [-0.25, -0.2) is 9.59 Å². The number of hydrogen-bond donors (Lipinski definition) is 2. The smallest absolute Gasteiger partial charge is 0.328 e. The van der Waals surface area contributed by atoms with E-state index in [-0.39, 0.29) is 6.03 Å². The van der Waals surface area contributed by atoms with Gasteiger partial charge in [-0.05, 0) is 36.5 Å². The molecule has 112 valence electrons. The number of urea groups is 1. The third-order valence-electron chi connectivity index (χ3n) is 3.60. The second-order valence-corrected chi connectivity index (χ2v) is 5.35. The fourth-order valence-electron chi connectivity index (χ4n) is 2.08. The topological polar surface area (TPSA) is 69.6 Å². The van der Waals surface area contributed by atoms with Crippen LogP contribution in [0.1, 0.15) is 30.4 Å². The van der Waals surface area contributed by atoms with Crippen LogP contribution in [0.2, 0.25) is 0 Å². The Labute approximate surface area is 124 Å². The van der Waals surface area contributed by atoms with Crippen LogP contribution in [-0.4, -0.2) is 35.1 Å². The average molecular weight is 288 g/mol. The van der Waals surface area contributed by atoms with E-state index in [0.29, 0.717) is 12.6 Å². The van der Waals surface area contributed by atoms with Crippen molar-refractivity contribution in [2.24, 2.45) is 0 Å². The lowest BCUT2D eigenvalue weighted by atomic mass is 9.93. The number of aliphatic carboxylic acids is 1. The lowest BCUT2D eigenvalue weighted by Gasteiger charge is -2.29. The van der Waals surface area contributed by atoms with E-state index in [4.69, 9.17) is 5.11 Å². The van der Waals surface area contributed by atoms with Crippen molar-refractivity contribution in [3.8, 4) is 0 Å². The van der Waals surface area contributed by atoms with Crippen LogP contribution in [0.25, 0.3) is 6.08 Å². The Kier molecular flexibility index (Phi) is 4.98. The predicted octanol–water partition coefficient (Wildman–Crippen LogP) is 2.48. The average Bonchev–Trinajstić information content (AvgIpc) is 2.41. The van der Waals surface area contributed by atoms with Crippen molar-refractivity contribution in [2.75, 3.05) is 7.05 Å². The highest BCUT2D eigenvalue weighted by Gasteiger charge is 2.20. The lowest BCUT2D eigenvalue weighted by Crippen LogP contribution is -2.45. The van der Waals surface area contributed by atoms with E-state index in [2.05, 4.69) is 5.32 Å². The largest absolute Gasteiger partial charge is 0.478 e. The highest BCUT2D eigenvalue weighted by atomic mass is 16.4. The number of carboxylic acids is 1. The van der Waals surface area contributed by atoms with Gasteiger partial charge in [0.2, 0.25) is 0 Å². The van der Waals surface area contributed by atoms with Crippen LogP contribution in [0.15, 0.2) is 30.3 Å². The number of amides is 2. The molecule has 0 spiro atoms. The van der Waals surface area contributed by atoms with E-state index in [9.17, 15) is 9.59 Å². The molecular weight excluding hydrogens is 268 g/mol. The van der Waals surface area contributed by atoms with Crippen molar-refractivity contribution < 1.29 is 14.7 Å². The number of hydrogen-bond acceptors (Lipinski definition) is 2. The first-order valence-electron chi connectivity index (χ1n) is 7.06. The number of carboxylic acid groups (broad SMARTS) is 1. The molecule has 0 unspecified atom stereocenters. The van der Waals surface area contributed by atoms with Crippen molar-refractivity contribution in [1.82, 2.24) is 10.2 Å². The molecule has 0 heterocycles. The minimum atomic E-state index is -0.966.